The summed E-state index contributed by atoms with van der Waals surface area (Å²) in [4.78, 5) is 14.5. The molecule has 1 saturated heterocycles. The number of benzene rings is 1. The molecule has 0 aliphatic carbocycles. The van der Waals surface area contributed by atoms with Gasteiger partial charge in [-0.1, -0.05) is 18.2 Å². The van der Waals surface area contributed by atoms with Crippen LogP contribution >= 0.6 is 0 Å². The molecule has 4 heteroatoms. The van der Waals surface area contributed by atoms with E-state index >= 15 is 0 Å². The van der Waals surface area contributed by atoms with Crippen molar-refractivity contribution in [2.24, 2.45) is 0 Å². The Morgan fingerprint density at radius 1 is 1.30 bits per heavy atom. The molecular formula is C19H30N2O2. The summed E-state index contributed by atoms with van der Waals surface area (Å²) in [6.07, 6.45) is 3.41. The van der Waals surface area contributed by atoms with Gasteiger partial charge in [-0.2, -0.15) is 0 Å². The molecule has 1 heterocycles. The molecule has 1 aliphatic rings. The Hall–Kier alpha value is -1.55. The lowest BCUT2D eigenvalue weighted by Gasteiger charge is -2.34. The zero-order valence-corrected chi connectivity index (χ0v) is 14.7. The predicted molar refractivity (Wildman–Crippen MR) is 93.8 cm³/mol. The van der Waals surface area contributed by atoms with E-state index in [-0.39, 0.29) is 5.91 Å². The van der Waals surface area contributed by atoms with E-state index < -0.39 is 0 Å². The van der Waals surface area contributed by atoms with Crippen LogP contribution in [-0.2, 0) is 4.79 Å². The summed E-state index contributed by atoms with van der Waals surface area (Å²) < 4.78 is 5.73. The maximum absolute atomic E-state index is 12.0. The Morgan fingerprint density at radius 3 is 2.65 bits per heavy atom. The third-order valence-electron chi connectivity index (χ3n) is 4.52. The zero-order valence-electron chi connectivity index (χ0n) is 14.7. The molecule has 0 radical (unpaired) electrons. The van der Waals surface area contributed by atoms with Crippen LogP contribution in [0.2, 0.25) is 0 Å². The normalized spacial score (nSPS) is 16.5. The van der Waals surface area contributed by atoms with Gasteiger partial charge in [0.15, 0.2) is 0 Å². The fourth-order valence-electron chi connectivity index (χ4n) is 2.99. The number of ether oxygens (including phenoxy) is 1. The summed E-state index contributed by atoms with van der Waals surface area (Å²) in [5.41, 5.74) is 1.13. The molecule has 1 aromatic carbocycles. The van der Waals surface area contributed by atoms with Crippen LogP contribution in [-0.4, -0.2) is 42.6 Å². The van der Waals surface area contributed by atoms with Gasteiger partial charge in [-0.05, 0) is 51.7 Å². The summed E-state index contributed by atoms with van der Waals surface area (Å²) >= 11 is 0. The Bertz CT molecular complexity index is 494. The first-order valence-electron chi connectivity index (χ1n) is 8.78. The minimum Gasteiger partial charge on any atom is -0.493 e. The maximum atomic E-state index is 12.0. The largest absolute Gasteiger partial charge is 0.493 e. The number of para-hydroxylation sites is 1. The van der Waals surface area contributed by atoms with Gasteiger partial charge in [0.05, 0.1) is 6.61 Å². The topological polar surface area (TPSA) is 41.6 Å². The highest BCUT2D eigenvalue weighted by molar-refractivity contribution is 5.76. The third-order valence-corrected chi connectivity index (χ3v) is 4.52. The van der Waals surface area contributed by atoms with Crippen molar-refractivity contribution in [2.45, 2.75) is 58.5 Å². The summed E-state index contributed by atoms with van der Waals surface area (Å²) in [6, 6.07) is 8.92. The van der Waals surface area contributed by atoms with E-state index in [1.165, 1.54) is 0 Å². The van der Waals surface area contributed by atoms with Crippen LogP contribution in [0.1, 0.15) is 45.1 Å². The average Bonchev–Trinajstić information content (AvgIpc) is 2.53. The van der Waals surface area contributed by atoms with E-state index in [1.807, 2.05) is 31.2 Å². The second-order valence-electron chi connectivity index (χ2n) is 6.69. The second-order valence-corrected chi connectivity index (χ2v) is 6.69. The number of hydrogen-bond donors (Lipinski definition) is 1. The molecule has 0 bridgehead atoms. The summed E-state index contributed by atoms with van der Waals surface area (Å²) in [5.74, 6) is 1.07. The molecule has 4 nitrogen and oxygen atoms in total. The number of aryl methyl sites for hydroxylation is 1. The standard InChI is InChI=1S/C19H30N2O2/c1-15(2)21-12-10-17(11-13-21)20-19(22)9-6-14-23-18-8-5-4-7-16(18)3/h4-5,7-8,15,17H,6,9-14H2,1-3H3,(H,20,22). The Morgan fingerprint density at radius 2 is 2.00 bits per heavy atom. The Labute approximate surface area is 140 Å². The molecular weight excluding hydrogens is 288 g/mol. The lowest BCUT2D eigenvalue weighted by Crippen LogP contribution is -2.46. The van der Waals surface area contributed by atoms with Gasteiger partial charge in [0.25, 0.3) is 0 Å². The number of nitrogens with one attached hydrogen (secondary N) is 1. The molecule has 0 saturated carbocycles. The first-order valence-corrected chi connectivity index (χ1v) is 8.78. The number of hydrogen-bond acceptors (Lipinski definition) is 3. The van der Waals surface area contributed by atoms with Crippen molar-refractivity contribution in [3.8, 4) is 5.75 Å². The lowest BCUT2D eigenvalue weighted by molar-refractivity contribution is -0.122. The molecule has 0 spiro atoms. The fraction of sp³-hybridized carbons (Fsp3) is 0.632. The highest BCUT2D eigenvalue weighted by Gasteiger charge is 2.21. The number of likely N-dealkylation sites (tertiary alicyclic amines) is 1. The van der Waals surface area contributed by atoms with Gasteiger partial charge in [0, 0.05) is 31.6 Å². The van der Waals surface area contributed by atoms with Crippen molar-refractivity contribution in [1.82, 2.24) is 10.2 Å². The number of carbonyl (C=O) groups excluding carboxylic acids is 1. The van der Waals surface area contributed by atoms with Gasteiger partial charge in [0.1, 0.15) is 5.75 Å². The minimum atomic E-state index is 0.154. The van der Waals surface area contributed by atoms with Crippen LogP contribution in [0.5, 0.6) is 5.75 Å². The van der Waals surface area contributed by atoms with Crippen molar-refractivity contribution in [3.05, 3.63) is 29.8 Å². The van der Waals surface area contributed by atoms with Gasteiger partial charge in [-0.25, -0.2) is 0 Å². The predicted octanol–water partition coefficient (Wildman–Crippen LogP) is 3.14. The Balaban J connectivity index is 1.60. The van der Waals surface area contributed by atoms with Crippen molar-refractivity contribution in [3.63, 3.8) is 0 Å². The molecule has 2 rings (SSSR count). The molecule has 1 amide bonds. The molecule has 1 fully saturated rings. The van der Waals surface area contributed by atoms with E-state index in [0.29, 0.717) is 25.1 Å². The summed E-state index contributed by atoms with van der Waals surface area (Å²) in [5, 5.41) is 3.17. The summed E-state index contributed by atoms with van der Waals surface area (Å²) in [6.45, 7) is 9.24. The number of rotatable bonds is 7. The number of carbonyl (C=O) groups is 1. The molecule has 1 aromatic rings. The molecule has 128 valence electrons. The first-order chi connectivity index (χ1) is 11.1. The van der Waals surface area contributed by atoms with E-state index in [4.69, 9.17) is 4.74 Å². The van der Waals surface area contributed by atoms with Crippen LogP contribution in [0.25, 0.3) is 0 Å². The lowest BCUT2D eigenvalue weighted by atomic mass is 10.0. The van der Waals surface area contributed by atoms with E-state index in [1.54, 1.807) is 0 Å². The van der Waals surface area contributed by atoms with E-state index in [0.717, 1.165) is 43.7 Å². The highest BCUT2D eigenvalue weighted by Crippen LogP contribution is 2.16. The molecule has 1 aliphatic heterocycles. The number of amides is 1. The van der Waals surface area contributed by atoms with Crippen molar-refractivity contribution in [1.29, 1.82) is 0 Å². The average molecular weight is 318 g/mol. The van der Waals surface area contributed by atoms with Gasteiger partial charge in [0.2, 0.25) is 5.91 Å². The maximum Gasteiger partial charge on any atom is 0.220 e. The van der Waals surface area contributed by atoms with Crippen LogP contribution in [0, 0.1) is 6.92 Å². The van der Waals surface area contributed by atoms with Crippen LogP contribution < -0.4 is 10.1 Å². The van der Waals surface area contributed by atoms with Crippen molar-refractivity contribution in [2.75, 3.05) is 19.7 Å². The monoisotopic (exact) mass is 318 g/mol. The van der Waals surface area contributed by atoms with Gasteiger partial charge < -0.3 is 15.0 Å². The highest BCUT2D eigenvalue weighted by atomic mass is 16.5. The minimum absolute atomic E-state index is 0.154. The van der Waals surface area contributed by atoms with Crippen LogP contribution in [0.15, 0.2) is 24.3 Å². The van der Waals surface area contributed by atoms with Crippen LogP contribution in [0.4, 0.5) is 0 Å². The third kappa shape index (κ3) is 5.87. The number of nitrogens with zero attached hydrogens (tertiary/aromatic N) is 1. The SMILES string of the molecule is Cc1ccccc1OCCCC(=O)NC1CCN(C(C)C)CC1. The fourth-order valence-corrected chi connectivity index (χ4v) is 2.99. The first kappa shape index (κ1) is 17.8. The Kier molecular flexibility index (Phi) is 6.90. The van der Waals surface area contributed by atoms with E-state index in [2.05, 4.69) is 24.1 Å². The molecule has 1 N–H and O–H groups in total. The molecule has 23 heavy (non-hydrogen) atoms. The van der Waals surface area contributed by atoms with E-state index in [9.17, 15) is 4.79 Å². The smallest absolute Gasteiger partial charge is 0.220 e. The number of piperidine rings is 1. The second kappa shape index (κ2) is 8.92. The molecule has 0 unspecified atom stereocenters. The van der Waals surface area contributed by atoms with Gasteiger partial charge in [-0.3, -0.25) is 4.79 Å². The van der Waals surface area contributed by atoms with Crippen LogP contribution in [0.3, 0.4) is 0 Å². The molecule has 0 aromatic heterocycles. The van der Waals surface area contributed by atoms with Crippen molar-refractivity contribution >= 4 is 5.91 Å². The zero-order chi connectivity index (χ0) is 16.7. The van der Waals surface area contributed by atoms with Crippen molar-refractivity contribution < 1.29 is 9.53 Å². The van der Waals surface area contributed by atoms with Gasteiger partial charge in [-0.15, -0.1) is 0 Å². The molecule has 0 atom stereocenters. The van der Waals surface area contributed by atoms with Gasteiger partial charge >= 0.3 is 0 Å². The quantitative estimate of drug-likeness (QED) is 0.785. The summed E-state index contributed by atoms with van der Waals surface area (Å²) in [7, 11) is 0.